The Balaban J connectivity index is 1.22. The number of benzene rings is 4. The van der Waals surface area contributed by atoms with Crippen LogP contribution in [0.1, 0.15) is 267 Å². The number of hydrogen-bond donors (Lipinski definition) is 2. The Kier molecular flexibility index (Phi) is 26.8. The SMILES string of the molecule is CCCCC(CC)COc1cc2c(cc1OCC(CC)CCCC)-c1nc-2nc2[nH]c(nc3nc(nc4[nH]c(n1)c1cc5c(cc41)[C@H]1CC(C=O)[C@@H]5O1)-c1cc(OCC(CC)CCCC)c(OCC(CC)CCCC)cc1-3)c1cc(OCC(CC)CCCC)c(OCC(CC)CCCC)cc21. The van der Waals surface area contributed by atoms with Crippen LogP contribution in [0.2, 0.25) is 0 Å². The predicted molar refractivity (Wildman–Crippen MR) is 410 cm³/mol. The molecule has 9 atom stereocenters. The first-order valence-corrected chi connectivity index (χ1v) is 39.9. The van der Waals surface area contributed by atoms with Gasteiger partial charge in [0.25, 0.3) is 0 Å². The fourth-order valence-corrected chi connectivity index (χ4v) is 15.1. The highest BCUT2D eigenvalue weighted by Crippen LogP contribution is 2.55. The summed E-state index contributed by atoms with van der Waals surface area (Å²) in [6.45, 7) is 30.3. The Morgan fingerprint density at radius 1 is 0.366 bits per heavy atom. The summed E-state index contributed by atoms with van der Waals surface area (Å²) in [4.78, 5) is 53.8. The van der Waals surface area contributed by atoms with Crippen LogP contribution in [-0.2, 0) is 9.53 Å². The lowest BCUT2D eigenvalue weighted by atomic mass is 9.84. The zero-order valence-electron chi connectivity index (χ0n) is 63.3. The summed E-state index contributed by atoms with van der Waals surface area (Å²) in [6, 6.07) is 16.9. The summed E-state index contributed by atoms with van der Waals surface area (Å²) in [7, 11) is 0. The van der Waals surface area contributed by atoms with Crippen molar-refractivity contribution >= 4 is 50.4 Å². The largest absolute Gasteiger partial charge is 0.489 e. The fourth-order valence-electron chi connectivity index (χ4n) is 15.1. The van der Waals surface area contributed by atoms with Gasteiger partial charge in [0.15, 0.2) is 57.8 Å². The molecule has 7 heterocycles. The third-order valence-electron chi connectivity index (χ3n) is 22.3. The molecular weight excluding hydrogens is 1260 g/mol. The summed E-state index contributed by atoms with van der Waals surface area (Å²) in [6.07, 6.45) is 27.1. The van der Waals surface area contributed by atoms with Gasteiger partial charge in [-0.3, -0.25) is 0 Å². The number of nitrogens with zero attached hydrogens (tertiary/aromatic N) is 6. The van der Waals surface area contributed by atoms with E-state index < -0.39 is 0 Å². The zero-order chi connectivity index (χ0) is 70.9. The van der Waals surface area contributed by atoms with E-state index in [0.29, 0.717) is 162 Å². The van der Waals surface area contributed by atoms with Crippen LogP contribution < -0.4 is 28.4 Å². The molecule has 4 aromatic carbocycles. The molecule has 3 aromatic heterocycles. The lowest BCUT2D eigenvalue weighted by molar-refractivity contribution is -0.112. The molecule has 4 aliphatic heterocycles. The lowest BCUT2D eigenvalue weighted by Crippen LogP contribution is -2.14. The van der Waals surface area contributed by atoms with Gasteiger partial charge in [-0.2, -0.15) is 0 Å². The van der Waals surface area contributed by atoms with Crippen LogP contribution in [0.15, 0.2) is 48.5 Å². The van der Waals surface area contributed by atoms with Crippen LogP contribution in [0.5, 0.6) is 34.5 Å². The number of hydrogen-bond acceptors (Lipinski definition) is 14. The van der Waals surface area contributed by atoms with E-state index in [0.717, 1.165) is 215 Å². The molecule has 16 heteroatoms. The first-order chi connectivity index (χ1) is 49.4. The second-order valence-electron chi connectivity index (χ2n) is 29.6. The number of aldehydes is 1. The van der Waals surface area contributed by atoms with Crippen LogP contribution in [-0.4, -0.2) is 85.8 Å². The number of H-pyrrole nitrogens is 2. The van der Waals surface area contributed by atoms with Gasteiger partial charge in [0.05, 0.1) is 51.8 Å². The van der Waals surface area contributed by atoms with Crippen LogP contribution in [0.25, 0.3) is 89.7 Å². The van der Waals surface area contributed by atoms with Crippen molar-refractivity contribution in [1.82, 2.24) is 39.9 Å². The van der Waals surface area contributed by atoms with Crippen LogP contribution in [0.4, 0.5) is 0 Å². The second kappa shape index (κ2) is 36.2. The zero-order valence-corrected chi connectivity index (χ0v) is 63.3. The van der Waals surface area contributed by atoms with Gasteiger partial charge in [-0.15, -0.1) is 0 Å². The molecule has 7 aromatic rings. The number of aromatic nitrogens is 8. The summed E-state index contributed by atoms with van der Waals surface area (Å²) in [5.41, 5.74) is 7.23. The first-order valence-electron chi connectivity index (χ1n) is 39.9. The van der Waals surface area contributed by atoms with E-state index in [-0.39, 0.29) is 18.1 Å². The highest BCUT2D eigenvalue weighted by atomic mass is 16.5. The summed E-state index contributed by atoms with van der Waals surface area (Å²) >= 11 is 0. The molecule has 2 N–H and O–H groups in total. The molecule has 0 spiro atoms. The molecule has 101 heavy (non-hydrogen) atoms. The molecule has 0 saturated carbocycles. The smallest absolute Gasteiger partial charge is 0.164 e. The topological polar surface area (TPSA) is 191 Å². The van der Waals surface area contributed by atoms with Crippen molar-refractivity contribution in [3.63, 3.8) is 0 Å². The van der Waals surface area contributed by atoms with Crippen molar-refractivity contribution in [3.05, 3.63) is 59.7 Å². The van der Waals surface area contributed by atoms with Crippen LogP contribution in [0.3, 0.4) is 0 Å². The highest BCUT2D eigenvalue weighted by molar-refractivity contribution is 6.08. The average molecular weight is 1380 g/mol. The Morgan fingerprint density at radius 3 is 0.881 bits per heavy atom. The number of unbranched alkanes of at least 4 members (excludes halogenated alkanes) is 6. The molecule has 7 unspecified atom stereocenters. The quantitative estimate of drug-likeness (QED) is 0.0343. The maximum absolute atomic E-state index is 12.7. The maximum atomic E-state index is 12.7. The average Bonchev–Trinajstić information content (AvgIpc) is 1.57. The van der Waals surface area contributed by atoms with E-state index in [4.69, 9.17) is 63.1 Å². The van der Waals surface area contributed by atoms with Crippen molar-refractivity contribution < 1.29 is 38.0 Å². The van der Waals surface area contributed by atoms with Gasteiger partial charge in [0.2, 0.25) is 0 Å². The minimum absolute atomic E-state index is 0.227. The molecule has 0 amide bonds. The molecule has 0 radical (unpaired) electrons. The molecule has 4 aliphatic rings. The normalized spacial score (nSPS) is 16.9. The van der Waals surface area contributed by atoms with Gasteiger partial charge in [-0.05, 0) is 140 Å². The van der Waals surface area contributed by atoms with E-state index in [2.05, 4.69) is 142 Å². The monoisotopic (exact) mass is 1380 g/mol. The molecule has 1 saturated heterocycles. The standard InChI is InChI=1S/C85H118N8O8/c1-13-25-31-53(19-7)47-95-71-40-64-66(42-73(71)97-49-55(21-9)33-27-15-3)82-89-80(64)87-78-62-38-60-61(77-59(46-94)37-70(60)101-77)39-63(62)79(86-78)88-81-65-41-72(96-48-54(20-8)32-26-14-2)74(98-50-56(22-10)34-28-16-4)43-67(65)83(90-81)92-85-69-45-76(100-52-58(24-12)36-30-18-6)75(44-68(69)84(91-82)93-85)99-51-57(23-11)35-29-17-5/h38-46,53-59,70,77H,13-37,47-52H2,1-12H3,(H2,86,87,88,89,90,91,92,93)/t53?,54?,55?,56?,57?,58?,59?,70-,77+/m1/s1. The number of fused-ring (bicyclic) bond motifs is 25. The number of carbonyl (C=O) groups excluding carboxylic acids is 1. The van der Waals surface area contributed by atoms with Crippen molar-refractivity contribution in [3.8, 4) is 80.0 Å². The minimum atomic E-state index is -0.364. The number of aromatic amines is 2. The van der Waals surface area contributed by atoms with Crippen LogP contribution >= 0.6 is 0 Å². The second-order valence-corrected chi connectivity index (χ2v) is 29.6. The molecular formula is C85H118N8O8. The van der Waals surface area contributed by atoms with Gasteiger partial charge in [0.1, 0.15) is 28.9 Å². The minimum Gasteiger partial charge on any atom is -0.489 e. The Morgan fingerprint density at radius 2 is 0.624 bits per heavy atom. The fraction of sp³-hybridized carbons (Fsp3) is 0.612. The van der Waals surface area contributed by atoms with Crippen molar-refractivity contribution in [2.45, 2.75) is 256 Å². The van der Waals surface area contributed by atoms with Crippen LogP contribution in [0, 0.1) is 41.4 Å². The maximum Gasteiger partial charge on any atom is 0.164 e. The van der Waals surface area contributed by atoms with E-state index >= 15 is 0 Å². The number of nitrogens with one attached hydrogen (secondary N) is 2. The highest BCUT2D eigenvalue weighted by Gasteiger charge is 2.45. The van der Waals surface area contributed by atoms with E-state index in [9.17, 15) is 4.79 Å². The van der Waals surface area contributed by atoms with E-state index in [1.807, 2.05) is 0 Å². The first kappa shape index (κ1) is 74.8. The molecule has 0 aliphatic carbocycles. The number of ether oxygens (including phenoxy) is 7. The molecule has 16 nitrogen and oxygen atoms in total. The van der Waals surface area contributed by atoms with Gasteiger partial charge < -0.3 is 47.9 Å². The number of rotatable bonds is 43. The van der Waals surface area contributed by atoms with Gasteiger partial charge in [0, 0.05) is 49.7 Å². The predicted octanol–water partition coefficient (Wildman–Crippen LogP) is 22.8. The Bertz CT molecular complexity index is 4070. The Hall–Kier alpha value is -7.33. The van der Waals surface area contributed by atoms with E-state index in [1.165, 1.54) is 0 Å². The molecule has 546 valence electrons. The third kappa shape index (κ3) is 17.5. The third-order valence-corrected chi connectivity index (χ3v) is 22.3. The van der Waals surface area contributed by atoms with Crippen molar-refractivity contribution in [2.75, 3.05) is 39.6 Å². The van der Waals surface area contributed by atoms with Gasteiger partial charge in [-0.25, -0.2) is 29.9 Å². The van der Waals surface area contributed by atoms with Gasteiger partial charge in [-0.1, -0.05) is 199 Å². The van der Waals surface area contributed by atoms with Gasteiger partial charge >= 0.3 is 0 Å². The summed E-state index contributed by atoms with van der Waals surface area (Å²) in [5.74, 6) is 7.67. The number of carbonyl (C=O) groups is 1. The molecule has 11 rings (SSSR count). The lowest BCUT2D eigenvalue weighted by Gasteiger charge is -2.21. The molecule has 10 bridgehead atoms. The molecule has 1 fully saturated rings. The Labute approximate surface area is 601 Å². The summed E-state index contributed by atoms with van der Waals surface area (Å²) < 4.78 is 48.8. The van der Waals surface area contributed by atoms with E-state index in [1.54, 1.807) is 0 Å². The van der Waals surface area contributed by atoms with Crippen molar-refractivity contribution in [1.29, 1.82) is 0 Å². The summed E-state index contributed by atoms with van der Waals surface area (Å²) in [5, 5.41) is 3.22. The van der Waals surface area contributed by atoms with Crippen molar-refractivity contribution in [2.24, 2.45) is 41.4 Å².